The first kappa shape index (κ1) is 7.06. The van der Waals surface area contributed by atoms with Crippen molar-refractivity contribution in [3.63, 3.8) is 0 Å². The Bertz CT molecular complexity index is 233. The fourth-order valence-corrected chi connectivity index (χ4v) is 0.710. The average Bonchev–Trinajstić information content (AvgIpc) is 1.95. The normalized spacial score (nSPS) is 9.50. The van der Waals surface area contributed by atoms with E-state index in [1.807, 2.05) is 26.1 Å². The van der Waals surface area contributed by atoms with Crippen molar-refractivity contribution in [2.45, 2.75) is 13.8 Å². The molecule has 0 atom stereocenters. The SMILES string of the molecule is COc1cc(C)c(C)cn1. The summed E-state index contributed by atoms with van der Waals surface area (Å²) in [5.41, 5.74) is 2.41. The maximum absolute atomic E-state index is 4.94. The van der Waals surface area contributed by atoms with Crippen molar-refractivity contribution >= 4 is 0 Å². The highest BCUT2D eigenvalue weighted by Gasteiger charge is 1.94. The number of nitrogens with zero attached hydrogens (tertiary/aromatic N) is 1. The largest absolute Gasteiger partial charge is 0.481 e. The zero-order valence-electron chi connectivity index (χ0n) is 6.51. The minimum atomic E-state index is 0.683. The highest BCUT2D eigenvalue weighted by atomic mass is 16.5. The Morgan fingerprint density at radius 3 is 2.50 bits per heavy atom. The number of hydrogen-bond acceptors (Lipinski definition) is 2. The van der Waals surface area contributed by atoms with E-state index in [1.165, 1.54) is 11.1 Å². The number of hydrogen-bond donors (Lipinski definition) is 0. The van der Waals surface area contributed by atoms with Crippen molar-refractivity contribution in [3.8, 4) is 5.88 Å². The maximum Gasteiger partial charge on any atom is 0.213 e. The number of methoxy groups -OCH3 is 1. The summed E-state index contributed by atoms with van der Waals surface area (Å²) in [6, 6.07) is 1.93. The van der Waals surface area contributed by atoms with Crippen LogP contribution in [0.1, 0.15) is 11.1 Å². The lowest BCUT2D eigenvalue weighted by Crippen LogP contribution is -1.89. The molecular formula is C8H11NO. The van der Waals surface area contributed by atoms with E-state index in [-0.39, 0.29) is 0 Å². The second-order valence-corrected chi connectivity index (χ2v) is 2.31. The summed E-state index contributed by atoms with van der Waals surface area (Å²) in [5, 5.41) is 0. The molecule has 0 aliphatic carbocycles. The van der Waals surface area contributed by atoms with Crippen LogP contribution in [0.5, 0.6) is 5.88 Å². The lowest BCUT2D eigenvalue weighted by atomic mass is 10.2. The molecule has 2 nitrogen and oxygen atoms in total. The third-order valence-electron chi connectivity index (χ3n) is 1.56. The summed E-state index contributed by atoms with van der Waals surface area (Å²) >= 11 is 0. The van der Waals surface area contributed by atoms with Crippen LogP contribution in [0.3, 0.4) is 0 Å². The van der Waals surface area contributed by atoms with Crippen LogP contribution in [0.2, 0.25) is 0 Å². The molecule has 1 heterocycles. The molecule has 1 aromatic rings. The zero-order chi connectivity index (χ0) is 7.56. The molecule has 0 N–H and O–H groups in total. The fourth-order valence-electron chi connectivity index (χ4n) is 0.710. The summed E-state index contributed by atoms with van der Waals surface area (Å²) in [4.78, 5) is 4.04. The van der Waals surface area contributed by atoms with Crippen LogP contribution in [-0.2, 0) is 0 Å². The van der Waals surface area contributed by atoms with Crippen LogP contribution >= 0.6 is 0 Å². The molecule has 0 amide bonds. The minimum Gasteiger partial charge on any atom is -0.481 e. The molecule has 2 heteroatoms. The Kier molecular flexibility index (Phi) is 1.90. The molecule has 0 unspecified atom stereocenters. The van der Waals surface area contributed by atoms with E-state index in [4.69, 9.17) is 4.74 Å². The summed E-state index contributed by atoms with van der Waals surface area (Å²) in [6.45, 7) is 4.07. The predicted molar refractivity (Wildman–Crippen MR) is 40.3 cm³/mol. The van der Waals surface area contributed by atoms with E-state index in [0.717, 1.165) is 0 Å². The third kappa shape index (κ3) is 1.26. The number of pyridine rings is 1. The van der Waals surface area contributed by atoms with Crippen LogP contribution < -0.4 is 4.74 Å². The molecule has 10 heavy (non-hydrogen) atoms. The lowest BCUT2D eigenvalue weighted by Gasteiger charge is -2.01. The summed E-state index contributed by atoms with van der Waals surface area (Å²) in [6.07, 6.45) is 1.81. The van der Waals surface area contributed by atoms with Gasteiger partial charge in [-0.15, -0.1) is 0 Å². The molecule has 1 aromatic heterocycles. The Labute approximate surface area is 60.9 Å². The van der Waals surface area contributed by atoms with E-state index in [2.05, 4.69) is 4.98 Å². The molecule has 54 valence electrons. The van der Waals surface area contributed by atoms with E-state index in [1.54, 1.807) is 7.11 Å². The van der Waals surface area contributed by atoms with Crippen LogP contribution in [0, 0.1) is 13.8 Å². The third-order valence-corrected chi connectivity index (χ3v) is 1.56. The monoisotopic (exact) mass is 137 g/mol. The lowest BCUT2D eigenvalue weighted by molar-refractivity contribution is 0.397. The zero-order valence-corrected chi connectivity index (χ0v) is 6.51. The van der Waals surface area contributed by atoms with Gasteiger partial charge < -0.3 is 4.74 Å². The van der Waals surface area contributed by atoms with Gasteiger partial charge >= 0.3 is 0 Å². The number of rotatable bonds is 1. The second kappa shape index (κ2) is 2.69. The van der Waals surface area contributed by atoms with E-state index >= 15 is 0 Å². The second-order valence-electron chi connectivity index (χ2n) is 2.31. The minimum absolute atomic E-state index is 0.683. The van der Waals surface area contributed by atoms with Crippen LogP contribution in [0.4, 0.5) is 0 Å². The van der Waals surface area contributed by atoms with E-state index < -0.39 is 0 Å². The van der Waals surface area contributed by atoms with E-state index in [0.29, 0.717) is 5.88 Å². The van der Waals surface area contributed by atoms with Gasteiger partial charge in [0.15, 0.2) is 0 Å². The first-order chi connectivity index (χ1) is 4.74. The smallest absolute Gasteiger partial charge is 0.213 e. The first-order valence-electron chi connectivity index (χ1n) is 3.21. The van der Waals surface area contributed by atoms with Gasteiger partial charge in [-0.1, -0.05) is 0 Å². The van der Waals surface area contributed by atoms with Gasteiger partial charge in [-0.05, 0) is 25.0 Å². The van der Waals surface area contributed by atoms with Crippen molar-refractivity contribution in [2.75, 3.05) is 7.11 Å². The van der Waals surface area contributed by atoms with Crippen molar-refractivity contribution in [3.05, 3.63) is 23.4 Å². The Balaban J connectivity index is 3.04. The number of aromatic nitrogens is 1. The quantitative estimate of drug-likeness (QED) is 0.587. The van der Waals surface area contributed by atoms with Gasteiger partial charge in [0, 0.05) is 12.3 Å². The van der Waals surface area contributed by atoms with Crippen LogP contribution in [0.25, 0.3) is 0 Å². The number of ether oxygens (including phenoxy) is 1. The van der Waals surface area contributed by atoms with Crippen molar-refractivity contribution in [1.82, 2.24) is 4.98 Å². The molecule has 0 fully saturated rings. The van der Waals surface area contributed by atoms with Crippen molar-refractivity contribution in [2.24, 2.45) is 0 Å². The Morgan fingerprint density at radius 2 is 2.00 bits per heavy atom. The molecule has 0 bridgehead atoms. The first-order valence-corrected chi connectivity index (χ1v) is 3.21. The highest BCUT2D eigenvalue weighted by Crippen LogP contribution is 2.11. The average molecular weight is 137 g/mol. The standard InChI is InChI=1S/C8H11NO/c1-6-4-8(10-3)9-5-7(6)2/h4-5H,1-3H3. The number of aryl methyl sites for hydroxylation is 2. The summed E-state index contributed by atoms with van der Waals surface area (Å²) < 4.78 is 4.94. The molecule has 1 rings (SSSR count). The molecule has 0 spiro atoms. The highest BCUT2D eigenvalue weighted by molar-refractivity contribution is 5.26. The van der Waals surface area contributed by atoms with E-state index in [9.17, 15) is 0 Å². The molecule has 0 aliphatic rings. The topological polar surface area (TPSA) is 22.1 Å². The van der Waals surface area contributed by atoms with Gasteiger partial charge in [0.2, 0.25) is 5.88 Å². The Morgan fingerprint density at radius 1 is 1.30 bits per heavy atom. The van der Waals surface area contributed by atoms with Gasteiger partial charge in [0.05, 0.1) is 7.11 Å². The van der Waals surface area contributed by atoms with Gasteiger partial charge in [-0.25, -0.2) is 4.98 Å². The Hall–Kier alpha value is -1.05. The molecule has 0 saturated carbocycles. The molecular weight excluding hydrogens is 126 g/mol. The predicted octanol–water partition coefficient (Wildman–Crippen LogP) is 1.71. The summed E-state index contributed by atoms with van der Waals surface area (Å²) in [5.74, 6) is 0.683. The van der Waals surface area contributed by atoms with Gasteiger partial charge in [0.1, 0.15) is 0 Å². The fraction of sp³-hybridized carbons (Fsp3) is 0.375. The van der Waals surface area contributed by atoms with Gasteiger partial charge in [-0.3, -0.25) is 0 Å². The molecule has 0 saturated heterocycles. The van der Waals surface area contributed by atoms with Crippen molar-refractivity contribution < 1.29 is 4.74 Å². The molecule has 0 radical (unpaired) electrons. The van der Waals surface area contributed by atoms with Gasteiger partial charge in [-0.2, -0.15) is 0 Å². The summed E-state index contributed by atoms with van der Waals surface area (Å²) in [7, 11) is 1.62. The van der Waals surface area contributed by atoms with Gasteiger partial charge in [0.25, 0.3) is 0 Å². The molecule has 0 aromatic carbocycles. The van der Waals surface area contributed by atoms with Crippen LogP contribution in [-0.4, -0.2) is 12.1 Å². The molecule has 0 aliphatic heterocycles. The van der Waals surface area contributed by atoms with Crippen molar-refractivity contribution in [1.29, 1.82) is 0 Å². The van der Waals surface area contributed by atoms with Crippen LogP contribution in [0.15, 0.2) is 12.3 Å². The maximum atomic E-state index is 4.94.